The summed E-state index contributed by atoms with van der Waals surface area (Å²) in [5, 5.41) is 35.0. The number of hydrogen-bond donors (Lipinski definition) is 2. The highest BCUT2D eigenvalue weighted by Gasteiger charge is 2.22. The first-order chi connectivity index (χ1) is 16.3. The molecule has 0 atom stereocenters. The van der Waals surface area contributed by atoms with Gasteiger partial charge in [-0.1, -0.05) is 72.3 Å². The molecule has 0 saturated carbocycles. The monoisotopic (exact) mass is 483 g/mol. The molecule has 3 rings (SSSR count). The van der Waals surface area contributed by atoms with Crippen LogP contribution in [0.25, 0.3) is 4.98 Å². The molecule has 0 fully saturated rings. The van der Waals surface area contributed by atoms with E-state index in [1.165, 1.54) is 0 Å². The molecule has 0 bridgehead atoms. The lowest BCUT2D eigenvalue weighted by Gasteiger charge is -2.27. The number of carboxylic acids is 2. The Kier molecular flexibility index (Phi) is 10.3. The van der Waals surface area contributed by atoms with E-state index in [1.54, 1.807) is 12.1 Å². The summed E-state index contributed by atoms with van der Waals surface area (Å²) < 4.78 is 5.72. The Bertz CT molecular complexity index is 1080. The number of carboxylic acid groups (broad SMARTS) is 2. The third-order valence-electron chi connectivity index (χ3n) is 4.43. The molecule has 3 aromatic carbocycles. The molecule has 0 aliphatic rings. The van der Waals surface area contributed by atoms with Crippen molar-refractivity contribution in [2.24, 2.45) is 0 Å². The normalized spacial score (nSPS) is 9.79. The smallest absolute Gasteiger partial charge is 0.407 e. The minimum Gasteiger partial charge on any atom is -0.539 e. The number of carbonyl (C=O) groups is 2. The summed E-state index contributed by atoms with van der Waals surface area (Å²) in [5.41, 5.74) is 3.26. The van der Waals surface area contributed by atoms with Gasteiger partial charge in [0.1, 0.15) is 11.6 Å². The molecule has 2 N–H and O–H groups in total. The van der Waals surface area contributed by atoms with Crippen LogP contribution in [0, 0.1) is 5.39 Å². The quantitative estimate of drug-likeness (QED) is 0.368. The van der Waals surface area contributed by atoms with Crippen molar-refractivity contribution < 1.29 is 29.6 Å². The topological polar surface area (TPSA) is 138 Å². The number of benzene rings is 3. The molecule has 34 heavy (non-hydrogen) atoms. The molecule has 0 aliphatic heterocycles. The summed E-state index contributed by atoms with van der Waals surface area (Å²) in [6.45, 7) is 1.28. The van der Waals surface area contributed by atoms with Gasteiger partial charge >= 0.3 is 11.7 Å². The Morgan fingerprint density at radius 2 is 1.50 bits per heavy atom. The van der Waals surface area contributed by atoms with Gasteiger partial charge in [0.25, 0.3) is 0 Å². The van der Waals surface area contributed by atoms with E-state index in [-0.39, 0.29) is 18.9 Å². The molecule has 0 aromatic heterocycles. The highest BCUT2D eigenvalue weighted by molar-refractivity contribution is 6.33. The molecular weight excluding hydrogens is 462 g/mol. The molecule has 0 spiro atoms. The van der Waals surface area contributed by atoms with E-state index in [0.29, 0.717) is 23.9 Å². The van der Waals surface area contributed by atoms with Gasteiger partial charge in [-0.15, -0.1) is 0 Å². The van der Waals surface area contributed by atoms with E-state index in [1.807, 2.05) is 36.4 Å². The van der Waals surface area contributed by atoms with E-state index >= 15 is 0 Å². The largest absolute Gasteiger partial charge is 0.539 e. The minimum atomic E-state index is -2.07. The highest BCUT2D eigenvalue weighted by atomic mass is 35.5. The zero-order valence-corrected chi connectivity index (χ0v) is 18.8. The van der Waals surface area contributed by atoms with Crippen molar-refractivity contribution in [1.29, 1.82) is 5.39 Å². The zero-order valence-electron chi connectivity index (χ0n) is 18.0. The van der Waals surface area contributed by atoms with Gasteiger partial charge in [0.2, 0.25) is 5.39 Å². The number of aliphatic carboxylic acids is 2. The second-order valence-electron chi connectivity index (χ2n) is 6.86. The standard InChI is InChI=1S/C22H21ClN3O2.C2H2O4/c23-19-13-21(22(28-12-11-27)14-20(19)25-24)26(15-17-7-3-1-4-8-17)16-18-9-5-2-6-10-18;3-1(4)2(5)6/h1-10,13-14,27H,11-12,15-16H2;(H,3,4)(H,5,6)/q+1;/p-1. The summed E-state index contributed by atoms with van der Waals surface area (Å²) in [6.07, 6.45) is 0. The fraction of sp³-hybridized carbons (Fsp3) is 0.167. The third-order valence-corrected chi connectivity index (χ3v) is 4.74. The van der Waals surface area contributed by atoms with Gasteiger partial charge in [0, 0.05) is 13.1 Å². The van der Waals surface area contributed by atoms with Crippen molar-refractivity contribution in [3.8, 4) is 5.75 Å². The number of nitrogens with zero attached hydrogens (tertiary/aromatic N) is 3. The summed E-state index contributed by atoms with van der Waals surface area (Å²) in [4.78, 5) is 23.4. The second kappa shape index (κ2) is 13.4. The van der Waals surface area contributed by atoms with Crippen LogP contribution in [0.1, 0.15) is 11.1 Å². The Balaban J connectivity index is 0.000000604. The van der Waals surface area contributed by atoms with Crippen molar-refractivity contribution in [2.45, 2.75) is 13.1 Å². The van der Waals surface area contributed by atoms with Gasteiger partial charge in [-0.2, -0.15) is 0 Å². The average molecular weight is 484 g/mol. The summed E-state index contributed by atoms with van der Waals surface area (Å²) >= 11 is 6.30. The number of carbonyl (C=O) groups excluding carboxylic acids is 1. The third kappa shape index (κ3) is 8.09. The number of aliphatic hydroxyl groups excluding tert-OH is 1. The molecule has 3 aromatic rings. The van der Waals surface area contributed by atoms with Crippen LogP contribution in [0.5, 0.6) is 5.75 Å². The zero-order chi connectivity index (χ0) is 24.9. The maximum absolute atomic E-state index is 9.19. The lowest BCUT2D eigenvalue weighted by molar-refractivity contribution is -0.303. The van der Waals surface area contributed by atoms with E-state index < -0.39 is 11.9 Å². The Morgan fingerprint density at radius 1 is 1.00 bits per heavy atom. The van der Waals surface area contributed by atoms with Gasteiger partial charge in [-0.05, 0) is 17.2 Å². The van der Waals surface area contributed by atoms with Crippen LogP contribution in [0.2, 0.25) is 5.02 Å². The number of hydrogen-bond acceptors (Lipinski definition) is 7. The molecule has 9 nitrogen and oxygen atoms in total. The molecular formula is C24H22ClN3O6. The SMILES string of the molecule is N#[N+]c1cc(OCCO)c(N(Cc2ccccc2)Cc2ccccc2)cc1Cl.O=C([O-])C(=O)O. The Morgan fingerprint density at radius 3 is 1.91 bits per heavy atom. The van der Waals surface area contributed by atoms with Crippen molar-refractivity contribution in [3.63, 3.8) is 0 Å². The summed E-state index contributed by atoms with van der Waals surface area (Å²) in [5.74, 6) is -3.51. The van der Waals surface area contributed by atoms with Gasteiger partial charge < -0.3 is 29.8 Å². The molecule has 10 heteroatoms. The maximum Gasteiger partial charge on any atom is 0.407 e. The van der Waals surface area contributed by atoms with Crippen molar-refractivity contribution >= 4 is 34.9 Å². The molecule has 0 heterocycles. The second-order valence-corrected chi connectivity index (χ2v) is 7.27. The summed E-state index contributed by atoms with van der Waals surface area (Å²) in [7, 11) is 0. The van der Waals surface area contributed by atoms with E-state index in [4.69, 9.17) is 36.1 Å². The van der Waals surface area contributed by atoms with Crippen molar-refractivity contribution in [1.82, 2.24) is 0 Å². The fourth-order valence-corrected chi connectivity index (χ4v) is 3.16. The average Bonchev–Trinajstić information content (AvgIpc) is 2.84. The first-order valence-corrected chi connectivity index (χ1v) is 10.4. The summed E-state index contributed by atoms with van der Waals surface area (Å²) in [6, 6.07) is 23.5. The van der Waals surface area contributed by atoms with Gasteiger partial charge in [0.15, 0.2) is 16.7 Å². The number of halogens is 1. The predicted octanol–water partition coefficient (Wildman–Crippen LogP) is 3.22. The molecule has 0 unspecified atom stereocenters. The number of aliphatic hydroxyl groups is 1. The van der Waals surface area contributed by atoms with Crippen LogP contribution < -0.4 is 14.7 Å². The van der Waals surface area contributed by atoms with E-state index in [0.717, 1.165) is 16.8 Å². The van der Waals surface area contributed by atoms with Gasteiger partial charge in [0.05, 0.1) is 18.4 Å². The van der Waals surface area contributed by atoms with Crippen LogP contribution >= 0.6 is 11.6 Å². The van der Waals surface area contributed by atoms with E-state index in [9.17, 15) is 10.5 Å². The van der Waals surface area contributed by atoms with Gasteiger partial charge in [-0.25, -0.2) is 4.79 Å². The molecule has 0 aliphatic carbocycles. The number of rotatable bonds is 8. The molecule has 0 saturated heterocycles. The van der Waals surface area contributed by atoms with Gasteiger partial charge in [-0.3, -0.25) is 0 Å². The van der Waals surface area contributed by atoms with Crippen LogP contribution in [-0.4, -0.2) is 35.4 Å². The fourth-order valence-electron chi connectivity index (χ4n) is 2.96. The first kappa shape index (κ1) is 26.1. The molecule has 176 valence electrons. The Labute approximate surface area is 201 Å². The lowest BCUT2D eigenvalue weighted by atomic mass is 10.1. The molecule has 0 amide bonds. The highest BCUT2D eigenvalue weighted by Crippen LogP contribution is 2.39. The van der Waals surface area contributed by atoms with Crippen molar-refractivity contribution in [3.05, 3.63) is 93.9 Å². The molecule has 0 radical (unpaired) electrons. The van der Waals surface area contributed by atoms with E-state index in [2.05, 4.69) is 34.1 Å². The van der Waals surface area contributed by atoms with Crippen LogP contribution in [0.3, 0.4) is 0 Å². The maximum atomic E-state index is 9.19. The number of diazo groups is 1. The van der Waals surface area contributed by atoms with Crippen molar-refractivity contribution in [2.75, 3.05) is 18.1 Å². The van der Waals surface area contributed by atoms with Crippen LogP contribution in [0.4, 0.5) is 11.4 Å². The lowest BCUT2D eigenvalue weighted by Crippen LogP contribution is -2.30. The number of anilines is 1. The van der Waals surface area contributed by atoms with Crippen LogP contribution in [0.15, 0.2) is 72.8 Å². The minimum absolute atomic E-state index is 0.120. The first-order valence-electron chi connectivity index (χ1n) is 10.0. The van der Waals surface area contributed by atoms with Crippen LogP contribution in [-0.2, 0) is 22.7 Å². The Hall–Kier alpha value is -4.13. The predicted molar refractivity (Wildman–Crippen MR) is 124 cm³/mol. The number of ether oxygens (including phenoxy) is 1.